The lowest BCUT2D eigenvalue weighted by Gasteiger charge is -2.06. The van der Waals surface area contributed by atoms with E-state index in [-0.39, 0.29) is 0 Å². The molecule has 0 amide bonds. The first-order valence-electron chi connectivity index (χ1n) is 4.49. The van der Waals surface area contributed by atoms with Gasteiger partial charge in [-0.2, -0.15) is 0 Å². The van der Waals surface area contributed by atoms with Gasteiger partial charge in [-0.1, -0.05) is 46.3 Å². The molecule has 70 valence electrons. The van der Waals surface area contributed by atoms with Crippen molar-refractivity contribution >= 4 is 15.9 Å². The monoisotopic (exact) mass is 238 g/mol. The van der Waals surface area contributed by atoms with Gasteiger partial charge in [0.25, 0.3) is 0 Å². The molecule has 0 atom stereocenters. The molecule has 1 aromatic carbocycles. The van der Waals surface area contributed by atoms with Crippen molar-refractivity contribution < 1.29 is 0 Å². The molecular formula is C12H15Br. The molecule has 0 heterocycles. The van der Waals surface area contributed by atoms with Gasteiger partial charge in [0.1, 0.15) is 0 Å². The Bertz CT molecular complexity index is 313. The summed E-state index contributed by atoms with van der Waals surface area (Å²) in [5.41, 5.74) is 4.14. The molecule has 1 aromatic rings. The van der Waals surface area contributed by atoms with Crippen LogP contribution < -0.4 is 0 Å². The maximum Gasteiger partial charge on any atom is -0.0118 e. The van der Waals surface area contributed by atoms with E-state index in [1.165, 1.54) is 16.7 Å². The van der Waals surface area contributed by atoms with Crippen LogP contribution in [-0.2, 0) is 6.42 Å². The van der Waals surface area contributed by atoms with Crippen LogP contribution in [0.1, 0.15) is 23.1 Å². The lowest BCUT2D eigenvalue weighted by molar-refractivity contribution is 0.978. The summed E-state index contributed by atoms with van der Waals surface area (Å²) in [6.45, 7) is 8.13. The van der Waals surface area contributed by atoms with Gasteiger partial charge >= 0.3 is 0 Å². The lowest BCUT2D eigenvalue weighted by Crippen LogP contribution is -1.90. The largest absolute Gasteiger partial charge is 0.0888 e. The Balaban J connectivity index is 2.75. The van der Waals surface area contributed by atoms with E-state index in [1.54, 1.807) is 0 Å². The van der Waals surface area contributed by atoms with E-state index in [0.717, 1.165) is 17.3 Å². The molecule has 0 N–H and O–H groups in total. The van der Waals surface area contributed by atoms with Crippen LogP contribution >= 0.6 is 15.9 Å². The minimum Gasteiger partial charge on any atom is -0.0888 e. The zero-order valence-corrected chi connectivity index (χ0v) is 9.82. The number of halogens is 1. The number of allylic oxidation sites excluding steroid dienone is 1. The standard InChI is InChI=1S/C12H15Br/c1-9-4-5-10(2)12(8-9)7-6-11(3)13/h4-5,8H,3,6-7H2,1-2H3. The van der Waals surface area contributed by atoms with Gasteiger partial charge in [-0.05, 0) is 42.3 Å². The fourth-order valence-electron chi connectivity index (χ4n) is 1.34. The summed E-state index contributed by atoms with van der Waals surface area (Å²) in [6, 6.07) is 6.59. The summed E-state index contributed by atoms with van der Waals surface area (Å²) in [5, 5.41) is 0. The van der Waals surface area contributed by atoms with Crippen molar-refractivity contribution in [3.05, 3.63) is 46.0 Å². The van der Waals surface area contributed by atoms with Crippen molar-refractivity contribution in [1.29, 1.82) is 0 Å². The van der Waals surface area contributed by atoms with Gasteiger partial charge in [-0.25, -0.2) is 0 Å². The van der Waals surface area contributed by atoms with Crippen LogP contribution in [-0.4, -0.2) is 0 Å². The molecule has 0 aliphatic heterocycles. The van der Waals surface area contributed by atoms with Crippen LogP contribution in [0.4, 0.5) is 0 Å². The molecule has 0 aromatic heterocycles. The van der Waals surface area contributed by atoms with E-state index in [0.29, 0.717) is 0 Å². The predicted molar refractivity (Wildman–Crippen MR) is 62.3 cm³/mol. The third kappa shape index (κ3) is 3.35. The Hall–Kier alpha value is -0.560. The fourth-order valence-corrected chi connectivity index (χ4v) is 1.54. The second-order valence-corrected chi connectivity index (χ2v) is 4.57. The molecule has 0 spiro atoms. The van der Waals surface area contributed by atoms with E-state index >= 15 is 0 Å². The number of benzene rings is 1. The van der Waals surface area contributed by atoms with Crippen LogP contribution in [0.5, 0.6) is 0 Å². The maximum atomic E-state index is 3.84. The highest BCUT2D eigenvalue weighted by Crippen LogP contribution is 2.16. The quantitative estimate of drug-likeness (QED) is 0.743. The molecule has 0 unspecified atom stereocenters. The molecule has 0 radical (unpaired) electrons. The normalized spacial score (nSPS) is 10.1. The summed E-state index contributed by atoms with van der Waals surface area (Å²) in [6.07, 6.45) is 2.10. The highest BCUT2D eigenvalue weighted by molar-refractivity contribution is 9.11. The third-order valence-electron chi connectivity index (χ3n) is 2.17. The van der Waals surface area contributed by atoms with Crippen molar-refractivity contribution in [1.82, 2.24) is 0 Å². The molecule has 1 rings (SSSR count). The second-order valence-electron chi connectivity index (χ2n) is 3.45. The zero-order valence-electron chi connectivity index (χ0n) is 8.23. The SMILES string of the molecule is C=C(Br)CCc1cc(C)ccc1C. The summed E-state index contributed by atoms with van der Waals surface area (Å²) in [5.74, 6) is 0. The minimum atomic E-state index is 1.02. The van der Waals surface area contributed by atoms with Crippen LogP contribution in [0, 0.1) is 13.8 Å². The summed E-state index contributed by atoms with van der Waals surface area (Å²) < 4.78 is 1.08. The van der Waals surface area contributed by atoms with Crippen LogP contribution in [0.25, 0.3) is 0 Å². The average molecular weight is 239 g/mol. The molecule has 0 saturated carbocycles. The Morgan fingerprint density at radius 3 is 2.69 bits per heavy atom. The van der Waals surface area contributed by atoms with E-state index in [2.05, 4.69) is 54.6 Å². The minimum absolute atomic E-state index is 1.02. The van der Waals surface area contributed by atoms with E-state index in [9.17, 15) is 0 Å². The first-order chi connectivity index (χ1) is 6.09. The second kappa shape index (κ2) is 4.61. The topological polar surface area (TPSA) is 0 Å². The summed E-state index contributed by atoms with van der Waals surface area (Å²) in [4.78, 5) is 0. The molecule has 1 heteroatoms. The molecule has 0 bridgehead atoms. The Kier molecular flexibility index (Phi) is 3.73. The highest BCUT2D eigenvalue weighted by atomic mass is 79.9. The maximum absolute atomic E-state index is 3.84. The van der Waals surface area contributed by atoms with E-state index < -0.39 is 0 Å². The summed E-state index contributed by atoms with van der Waals surface area (Å²) in [7, 11) is 0. The third-order valence-corrected chi connectivity index (χ3v) is 2.57. The molecule has 0 fully saturated rings. The van der Waals surface area contributed by atoms with E-state index in [1.807, 2.05) is 0 Å². The van der Waals surface area contributed by atoms with Crippen LogP contribution in [0.15, 0.2) is 29.3 Å². The Morgan fingerprint density at radius 2 is 2.08 bits per heavy atom. The van der Waals surface area contributed by atoms with Gasteiger partial charge in [0.2, 0.25) is 0 Å². The average Bonchev–Trinajstić information content (AvgIpc) is 2.06. The molecule has 13 heavy (non-hydrogen) atoms. The van der Waals surface area contributed by atoms with Gasteiger partial charge in [0, 0.05) is 0 Å². The molecule has 0 saturated heterocycles. The lowest BCUT2D eigenvalue weighted by atomic mass is 10.0. The fraction of sp³-hybridized carbons (Fsp3) is 0.333. The Morgan fingerprint density at radius 1 is 1.38 bits per heavy atom. The van der Waals surface area contributed by atoms with Crippen molar-refractivity contribution in [2.45, 2.75) is 26.7 Å². The smallest absolute Gasteiger partial charge is 0.0118 e. The predicted octanol–water partition coefficient (Wildman–Crippen LogP) is 4.14. The Labute approximate surface area is 88.8 Å². The van der Waals surface area contributed by atoms with Crippen LogP contribution in [0.2, 0.25) is 0 Å². The molecular weight excluding hydrogens is 224 g/mol. The summed E-state index contributed by atoms with van der Waals surface area (Å²) >= 11 is 3.38. The number of aryl methyl sites for hydroxylation is 3. The molecule has 0 nitrogen and oxygen atoms in total. The van der Waals surface area contributed by atoms with Gasteiger partial charge in [-0.3, -0.25) is 0 Å². The molecule has 0 aliphatic carbocycles. The van der Waals surface area contributed by atoms with Gasteiger partial charge in [-0.15, -0.1) is 0 Å². The van der Waals surface area contributed by atoms with Crippen LogP contribution in [0.3, 0.4) is 0 Å². The van der Waals surface area contributed by atoms with Crippen molar-refractivity contribution in [3.8, 4) is 0 Å². The van der Waals surface area contributed by atoms with Crippen molar-refractivity contribution in [2.75, 3.05) is 0 Å². The number of hydrogen-bond donors (Lipinski definition) is 0. The number of rotatable bonds is 3. The zero-order chi connectivity index (χ0) is 9.84. The van der Waals surface area contributed by atoms with Crippen molar-refractivity contribution in [2.24, 2.45) is 0 Å². The van der Waals surface area contributed by atoms with E-state index in [4.69, 9.17) is 0 Å². The van der Waals surface area contributed by atoms with Gasteiger partial charge in [0.05, 0.1) is 0 Å². The van der Waals surface area contributed by atoms with Gasteiger partial charge < -0.3 is 0 Å². The molecule has 0 aliphatic rings. The van der Waals surface area contributed by atoms with Gasteiger partial charge in [0.15, 0.2) is 0 Å². The first-order valence-corrected chi connectivity index (χ1v) is 5.28. The first kappa shape index (κ1) is 10.5. The number of hydrogen-bond acceptors (Lipinski definition) is 0. The van der Waals surface area contributed by atoms with Crippen molar-refractivity contribution in [3.63, 3.8) is 0 Å². The highest BCUT2D eigenvalue weighted by Gasteiger charge is 1.98.